The van der Waals surface area contributed by atoms with Crippen LogP contribution in [-0.2, 0) is 11.3 Å². The van der Waals surface area contributed by atoms with E-state index in [9.17, 15) is 5.11 Å². The highest BCUT2D eigenvalue weighted by Crippen LogP contribution is 2.32. The molecular weight excluding hydrogens is 366 g/mol. The largest absolute Gasteiger partial charge is 0.454 e. The minimum Gasteiger partial charge on any atom is -0.454 e. The summed E-state index contributed by atoms with van der Waals surface area (Å²) < 4.78 is 16.8. The number of ether oxygens (including phenoxy) is 3. The van der Waals surface area contributed by atoms with Gasteiger partial charge in [0, 0.05) is 13.1 Å². The summed E-state index contributed by atoms with van der Waals surface area (Å²) in [6.45, 7) is 1.58. The Morgan fingerprint density at radius 2 is 1.52 bits per heavy atom. The second-order valence-electron chi connectivity index (χ2n) is 7.01. The van der Waals surface area contributed by atoms with Crippen LogP contribution in [-0.4, -0.2) is 31.2 Å². The number of hydrogen-bond donors (Lipinski definition) is 2. The van der Waals surface area contributed by atoms with Gasteiger partial charge in [-0.3, -0.25) is 0 Å². The molecule has 1 aliphatic heterocycles. The van der Waals surface area contributed by atoms with Crippen molar-refractivity contribution in [1.29, 1.82) is 0 Å². The topological polar surface area (TPSA) is 60.0 Å². The first-order chi connectivity index (χ1) is 14.3. The third kappa shape index (κ3) is 5.15. The van der Waals surface area contributed by atoms with E-state index in [0.29, 0.717) is 13.1 Å². The van der Waals surface area contributed by atoms with Gasteiger partial charge in [-0.1, -0.05) is 66.7 Å². The predicted octanol–water partition coefficient (Wildman–Crippen LogP) is 3.67. The second kappa shape index (κ2) is 9.56. The lowest BCUT2D eigenvalue weighted by molar-refractivity contribution is 0.00649. The Morgan fingerprint density at radius 3 is 2.21 bits per heavy atom. The summed E-state index contributed by atoms with van der Waals surface area (Å²) in [5, 5.41) is 13.7. The summed E-state index contributed by atoms with van der Waals surface area (Å²) in [7, 11) is 0. The summed E-state index contributed by atoms with van der Waals surface area (Å²) in [6, 6.07) is 26.0. The van der Waals surface area contributed by atoms with Gasteiger partial charge in [-0.05, 0) is 28.8 Å². The third-order valence-corrected chi connectivity index (χ3v) is 4.81. The molecule has 1 heterocycles. The SMILES string of the molecule is OC(CNCc1ccc2c(c1)OCO2)COC(c1ccccc1)c1ccccc1. The minimum absolute atomic E-state index is 0.207. The lowest BCUT2D eigenvalue weighted by atomic mass is 10.0. The fraction of sp³-hybridized carbons (Fsp3) is 0.250. The van der Waals surface area contributed by atoms with Crippen molar-refractivity contribution < 1.29 is 19.3 Å². The average Bonchev–Trinajstić information content (AvgIpc) is 3.23. The van der Waals surface area contributed by atoms with Gasteiger partial charge in [-0.15, -0.1) is 0 Å². The molecule has 0 aliphatic carbocycles. The number of aliphatic hydroxyl groups excluding tert-OH is 1. The van der Waals surface area contributed by atoms with Crippen LogP contribution in [0.3, 0.4) is 0 Å². The number of fused-ring (bicyclic) bond motifs is 1. The van der Waals surface area contributed by atoms with E-state index in [0.717, 1.165) is 28.2 Å². The Bertz CT molecular complexity index is 862. The van der Waals surface area contributed by atoms with Crippen LogP contribution < -0.4 is 14.8 Å². The van der Waals surface area contributed by atoms with Gasteiger partial charge in [0.15, 0.2) is 11.5 Å². The molecule has 150 valence electrons. The van der Waals surface area contributed by atoms with Crippen LogP contribution in [0.15, 0.2) is 78.9 Å². The zero-order chi connectivity index (χ0) is 19.9. The first kappa shape index (κ1) is 19.5. The Morgan fingerprint density at radius 1 is 0.862 bits per heavy atom. The van der Waals surface area contributed by atoms with Gasteiger partial charge in [0.05, 0.1) is 12.7 Å². The van der Waals surface area contributed by atoms with Crippen molar-refractivity contribution in [2.45, 2.75) is 18.8 Å². The van der Waals surface area contributed by atoms with Crippen LogP contribution >= 0.6 is 0 Å². The van der Waals surface area contributed by atoms with Crippen LogP contribution in [0.4, 0.5) is 0 Å². The monoisotopic (exact) mass is 391 g/mol. The van der Waals surface area contributed by atoms with Crippen molar-refractivity contribution in [2.75, 3.05) is 19.9 Å². The van der Waals surface area contributed by atoms with Gasteiger partial charge >= 0.3 is 0 Å². The van der Waals surface area contributed by atoms with Crippen LogP contribution in [0.25, 0.3) is 0 Å². The fourth-order valence-corrected chi connectivity index (χ4v) is 3.34. The normalized spacial score (nSPS) is 13.6. The predicted molar refractivity (Wildman–Crippen MR) is 111 cm³/mol. The summed E-state index contributed by atoms with van der Waals surface area (Å²) >= 11 is 0. The number of nitrogens with one attached hydrogen (secondary N) is 1. The number of benzene rings is 3. The zero-order valence-corrected chi connectivity index (χ0v) is 16.2. The van der Waals surface area contributed by atoms with Crippen molar-refractivity contribution in [3.05, 3.63) is 95.6 Å². The Kier molecular flexibility index (Phi) is 6.42. The fourth-order valence-electron chi connectivity index (χ4n) is 3.34. The Labute approximate surface area is 170 Å². The van der Waals surface area contributed by atoms with E-state index >= 15 is 0 Å². The highest BCUT2D eigenvalue weighted by atomic mass is 16.7. The molecule has 5 heteroatoms. The summed E-state index contributed by atoms with van der Waals surface area (Å²) in [5.74, 6) is 1.54. The van der Waals surface area contributed by atoms with E-state index in [4.69, 9.17) is 14.2 Å². The van der Waals surface area contributed by atoms with Crippen molar-refractivity contribution in [2.24, 2.45) is 0 Å². The molecular formula is C24H25NO4. The van der Waals surface area contributed by atoms with E-state index < -0.39 is 6.10 Å². The Balaban J connectivity index is 1.29. The van der Waals surface area contributed by atoms with Crippen LogP contribution in [0, 0.1) is 0 Å². The van der Waals surface area contributed by atoms with E-state index in [2.05, 4.69) is 5.32 Å². The average molecular weight is 391 g/mol. The van der Waals surface area contributed by atoms with E-state index in [-0.39, 0.29) is 19.5 Å². The third-order valence-electron chi connectivity index (χ3n) is 4.81. The van der Waals surface area contributed by atoms with Crippen LogP contribution in [0.1, 0.15) is 22.8 Å². The lowest BCUT2D eigenvalue weighted by Gasteiger charge is -2.21. The Hall–Kier alpha value is -2.86. The molecule has 0 saturated carbocycles. The van der Waals surface area contributed by atoms with Gasteiger partial charge < -0.3 is 24.6 Å². The van der Waals surface area contributed by atoms with E-state index in [1.54, 1.807) is 0 Å². The standard InChI is InChI=1S/C24H25NO4/c26-21(15-25-14-18-11-12-22-23(13-18)29-17-28-22)16-27-24(19-7-3-1-4-8-19)20-9-5-2-6-10-20/h1-13,21,24-26H,14-17H2. The van der Waals surface area contributed by atoms with Gasteiger partial charge in [0.25, 0.3) is 0 Å². The second-order valence-corrected chi connectivity index (χ2v) is 7.01. The van der Waals surface area contributed by atoms with Crippen molar-refractivity contribution in [1.82, 2.24) is 5.32 Å². The van der Waals surface area contributed by atoms with Crippen molar-refractivity contribution in [3.63, 3.8) is 0 Å². The maximum atomic E-state index is 10.4. The number of hydrogen-bond acceptors (Lipinski definition) is 5. The summed E-state index contributed by atoms with van der Waals surface area (Å²) in [5.41, 5.74) is 3.22. The molecule has 1 aliphatic rings. The molecule has 0 bridgehead atoms. The van der Waals surface area contributed by atoms with Gasteiger partial charge in [-0.2, -0.15) is 0 Å². The molecule has 1 atom stereocenters. The van der Waals surface area contributed by atoms with Crippen molar-refractivity contribution >= 4 is 0 Å². The summed E-state index contributed by atoms with van der Waals surface area (Å²) in [4.78, 5) is 0. The molecule has 2 N–H and O–H groups in total. The minimum atomic E-state index is -0.612. The molecule has 3 aromatic carbocycles. The highest BCUT2D eigenvalue weighted by molar-refractivity contribution is 5.44. The molecule has 3 aromatic rings. The quantitative estimate of drug-likeness (QED) is 0.583. The molecule has 0 amide bonds. The first-order valence-electron chi connectivity index (χ1n) is 9.78. The number of aliphatic hydroxyl groups is 1. The zero-order valence-electron chi connectivity index (χ0n) is 16.2. The van der Waals surface area contributed by atoms with E-state index in [1.165, 1.54) is 0 Å². The molecule has 4 rings (SSSR count). The molecule has 5 nitrogen and oxygen atoms in total. The molecule has 0 radical (unpaired) electrons. The van der Waals surface area contributed by atoms with Crippen LogP contribution in [0.5, 0.6) is 11.5 Å². The highest BCUT2D eigenvalue weighted by Gasteiger charge is 2.17. The molecule has 0 aromatic heterocycles. The van der Waals surface area contributed by atoms with Crippen LogP contribution in [0.2, 0.25) is 0 Å². The smallest absolute Gasteiger partial charge is 0.231 e. The van der Waals surface area contributed by atoms with Gasteiger partial charge in [0.1, 0.15) is 6.10 Å². The summed E-state index contributed by atoms with van der Waals surface area (Å²) in [6.07, 6.45) is -0.820. The molecule has 29 heavy (non-hydrogen) atoms. The lowest BCUT2D eigenvalue weighted by Crippen LogP contribution is -2.30. The van der Waals surface area contributed by atoms with Gasteiger partial charge in [-0.25, -0.2) is 0 Å². The molecule has 0 saturated heterocycles. The maximum Gasteiger partial charge on any atom is 0.231 e. The number of rotatable bonds is 9. The van der Waals surface area contributed by atoms with Gasteiger partial charge in [0.2, 0.25) is 6.79 Å². The molecule has 1 unspecified atom stereocenters. The van der Waals surface area contributed by atoms with Crippen molar-refractivity contribution in [3.8, 4) is 11.5 Å². The molecule has 0 fully saturated rings. The van der Waals surface area contributed by atoms with E-state index in [1.807, 2.05) is 78.9 Å². The maximum absolute atomic E-state index is 10.4. The molecule has 0 spiro atoms. The first-order valence-corrected chi connectivity index (χ1v) is 9.78.